The zero-order valence-electron chi connectivity index (χ0n) is 10.8. The smallest absolute Gasteiger partial charge is 0.409 e. The van der Waals surface area contributed by atoms with Crippen molar-refractivity contribution in [2.24, 2.45) is 11.7 Å². The van der Waals surface area contributed by atoms with E-state index >= 15 is 0 Å². The second-order valence-electron chi connectivity index (χ2n) is 4.94. The third-order valence-corrected chi connectivity index (χ3v) is 3.64. The van der Waals surface area contributed by atoms with Crippen LogP contribution in [0.4, 0.5) is 4.79 Å². The molecule has 2 rings (SSSR count). The van der Waals surface area contributed by atoms with Crippen molar-refractivity contribution in [1.82, 2.24) is 9.80 Å². The van der Waals surface area contributed by atoms with Gasteiger partial charge in [0.05, 0.1) is 6.61 Å². The van der Waals surface area contributed by atoms with E-state index in [1.807, 2.05) is 4.90 Å². The van der Waals surface area contributed by atoms with Crippen LogP contribution < -0.4 is 5.73 Å². The van der Waals surface area contributed by atoms with Crippen LogP contribution in [0.2, 0.25) is 0 Å². The number of nitrogens with zero attached hydrogens (tertiary/aromatic N) is 2. The summed E-state index contributed by atoms with van der Waals surface area (Å²) in [6, 6.07) is 0.194. The van der Waals surface area contributed by atoms with E-state index < -0.39 is 0 Å². The molecule has 0 atom stereocenters. The van der Waals surface area contributed by atoms with Crippen LogP contribution >= 0.6 is 0 Å². The second-order valence-corrected chi connectivity index (χ2v) is 4.94. The summed E-state index contributed by atoms with van der Waals surface area (Å²) in [6.07, 6.45) is 1.32. The number of hydrogen-bond donors (Lipinski definition) is 1. The molecule has 0 unspecified atom stereocenters. The average Bonchev–Trinajstić information content (AvgIpc) is 2.35. The van der Waals surface area contributed by atoms with E-state index in [1.54, 1.807) is 11.8 Å². The molecule has 0 bridgehead atoms. The molecule has 102 valence electrons. The summed E-state index contributed by atoms with van der Waals surface area (Å²) in [5.74, 6) is 0.300. The van der Waals surface area contributed by atoms with Gasteiger partial charge < -0.3 is 20.3 Å². The summed E-state index contributed by atoms with van der Waals surface area (Å²) in [6.45, 7) is 4.49. The number of amides is 2. The van der Waals surface area contributed by atoms with Crippen LogP contribution in [0.1, 0.15) is 19.8 Å². The van der Waals surface area contributed by atoms with Gasteiger partial charge in [-0.15, -0.1) is 0 Å². The molecule has 2 aliphatic rings. The first kappa shape index (κ1) is 13.1. The number of nitrogens with two attached hydrogens (primary N) is 1. The number of carbonyl (C=O) groups is 2. The van der Waals surface area contributed by atoms with Gasteiger partial charge in [-0.05, 0) is 19.8 Å². The highest BCUT2D eigenvalue weighted by atomic mass is 16.6. The van der Waals surface area contributed by atoms with E-state index in [2.05, 4.69) is 0 Å². The van der Waals surface area contributed by atoms with Gasteiger partial charge in [-0.25, -0.2) is 4.79 Å². The molecule has 2 fully saturated rings. The van der Waals surface area contributed by atoms with Crippen LogP contribution in [0, 0.1) is 5.92 Å². The fourth-order valence-corrected chi connectivity index (χ4v) is 2.45. The maximum Gasteiger partial charge on any atom is 0.409 e. The van der Waals surface area contributed by atoms with Crippen molar-refractivity contribution in [3.05, 3.63) is 0 Å². The van der Waals surface area contributed by atoms with Gasteiger partial charge in [-0.1, -0.05) is 0 Å². The number of ether oxygens (including phenoxy) is 1. The fraction of sp³-hybridized carbons (Fsp3) is 0.833. The lowest BCUT2D eigenvalue weighted by atomic mass is 9.80. The largest absolute Gasteiger partial charge is 0.450 e. The lowest BCUT2D eigenvalue weighted by molar-refractivity contribution is -0.140. The Balaban J connectivity index is 1.76. The Bertz CT molecular complexity index is 321. The van der Waals surface area contributed by atoms with Crippen molar-refractivity contribution >= 4 is 12.0 Å². The molecule has 2 N–H and O–H groups in total. The van der Waals surface area contributed by atoms with Gasteiger partial charge in [0.2, 0.25) is 5.91 Å². The minimum atomic E-state index is -0.282. The van der Waals surface area contributed by atoms with E-state index in [0.717, 1.165) is 12.8 Å². The molecule has 1 saturated carbocycles. The van der Waals surface area contributed by atoms with Gasteiger partial charge in [-0.2, -0.15) is 0 Å². The summed E-state index contributed by atoms with van der Waals surface area (Å²) in [4.78, 5) is 27.1. The highest BCUT2D eigenvalue weighted by Gasteiger charge is 2.36. The fourth-order valence-electron chi connectivity index (χ4n) is 2.45. The van der Waals surface area contributed by atoms with Crippen molar-refractivity contribution < 1.29 is 14.3 Å². The van der Waals surface area contributed by atoms with Gasteiger partial charge in [0.1, 0.15) is 0 Å². The second kappa shape index (κ2) is 5.56. The molecule has 2 amide bonds. The van der Waals surface area contributed by atoms with E-state index in [1.165, 1.54) is 0 Å². The minimum Gasteiger partial charge on any atom is -0.450 e. The van der Waals surface area contributed by atoms with Crippen molar-refractivity contribution in [2.45, 2.75) is 25.8 Å². The molecule has 0 aromatic heterocycles. The van der Waals surface area contributed by atoms with Crippen LogP contribution in [-0.2, 0) is 9.53 Å². The van der Waals surface area contributed by atoms with Gasteiger partial charge in [0, 0.05) is 38.1 Å². The van der Waals surface area contributed by atoms with E-state index in [9.17, 15) is 9.59 Å². The number of carbonyl (C=O) groups excluding carboxylic acids is 2. The van der Waals surface area contributed by atoms with Crippen LogP contribution in [0.25, 0.3) is 0 Å². The summed E-state index contributed by atoms with van der Waals surface area (Å²) < 4.78 is 4.94. The quantitative estimate of drug-likeness (QED) is 0.755. The molecule has 6 nitrogen and oxygen atoms in total. The standard InChI is InChI=1S/C12H21N3O3/c1-2-18-12(17)15-5-3-14(4-6-15)11(16)9-7-10(13)8-9/h9-10H,2-8,13H2,1H3. The maximum absolute atomic E-state index is 12.1. The summed E-state index contributed by atoms with van der Waals surface area (Å²) >= 11 is 0. The highest BCUT2D eigenvalue weighted by Crippen LogP contribution is 2.27. The molecule has 0 aromatic carbocycles. The topological polar surface area (TPSA) is 75.9 Å². The molecular weight excluding hydrogens is 234 g/mol. The van der Waals surface area contributed by atoms with E-state index in [0.29, 0.717) is 32.8 Å². The lowest BCUT2D eigenvalue weighted by Crippen LogP contribution is -2.54. The molecule has 1 aliphatic carbocycles. The van der Waals surface area contributed by atoms with Crippen molar-refractivity contribution in [3.8, 4) is 0 Å². The Labute approximate surface area is 107 Å². The monoisotopic (exact) mass is 255 g/mol. The number of rotatable bonds is 2. The normalized spacial score (nSPS) is 27.7. The first-order chi connectivity index (χ1) is 8.61. The SMILES string of the molecule is CCOC(=O)N1CCN(C(=O)C2CC(N)C2)CC1. The van der Waals surface area contributed by atoms with Gasteiger partial charge in [0.25, 0.3) is 0 Å². The van der Waals surface area contributed by atoms with Gasteiger partial charge in [-0.3, -0.25) is 4.79 Å². The predicted molar refractivity (Wildman–Crippen MR) is 65.9 cm³/mol. The Kier molecular flexibility index (Phi) is 4.06. The Morgan fingerprint density at radius 3 is 2.22 bits per heavy atom. The molecule has 18 heavy (non-hydrogen) atoms. The maximum atomic E-state index is 12.1. The lowest BCUT2D eigenvalue weighted by Gasteiger charge is -2.39. The average molecular weight is 255 g/mol. The predicted octanol–water partition coefficient (Wildman–Crippen LogP) is 0.0244. The Morgan fingerprint density at radius 2 is 1.72 bits per heavy atom. The molecule has 0 radical (unpaired) electrons. The van der Waals surface area contributed by atoms with Crippen LogP contribution in [-0.4, -0.2) is 60.6 Å². The molecular formula is C12H21N3O3. The van der Waals surface area contributed by atoms with Gasteiger partial charge in [0.15, 0.2) is 0 Å². The number of hydrogen-bond acceptors (Lipinski definition) is 4. The minimum absolute atomic E-state index is 0.106. The molecule has 1 aliphatic heterocycles. The van der Waals surface area contributed by atoms with E-state index in [-0.39, 0.29) is 24.0 Å². The molecule has 0 spiro atoms. The van der Waals surface area contributed by atoms with E-state index in [4.69, 9.17) is 10.5 Å². The first-order valence-electron chi connectivity index (χ1n) is 6.58. The first-order valence-corrected chi connectivity index (χ1v) is 6.58. The molecule has 0 aromatic rings. The number of piperazine rings is 1. The molecule has 6 heteroatoms. The van der Waals surface area contributed by atoms with Crippen LogP contribution in [0.5, 0.6) is 0 Å². The third kappa shape index (κ3) is 2.75. The Hall–Kier alpha value is -1.30. The summed E-state index contributed by atoms with van der Waals surface area (Å²) in [7, 11) is 0. The molecule has 1 heterocycles. The van der Waals surface area contributed by atoms with Crippen molar-refractivity contribution in [2.75, 3.05) is 32.8 Å². The summed E-state index contributed by atoms with van der Waals surface area (Å²) in [5.41, 5.74) is 5.69. The van der Waals surface area contributed by atoms with Crippen molar-refractivity contribution in [3.63, 3.8) is 0 Å². The van der Waals surface area contributed by atoms with Crippen LogP contribution in [0.15, 0.2) is 0 Å². The van der Waals surface area contributed by atoms with Crippen molar-refractivity contribution in [1.29, 1.82) is 0 Å². The molecule has 1 saturated heterocycles. The highest BCUT2D eigenvalue weighted by molar-refractivity contribution is 5.80. The zero-order chi connectivity index (χ0) is 13.1. The Morgan fingerprint density at radius 1 is 1.17 bits per heavy atom. The third-order valence-electron chi connectivity index (χ3n) is 3.64. The zero-order valence-corrected chi connectivity index (χ0v) is 10.8. The summed E-state index contributed by atoms with van der Waals surface area (Å²) in [5, 5.41) is 0. The van der Waals surface area contributed by atoms with Crippen LogP contribution in [0.3, 0.4) is 0 Å². The van der Waals surface area contributed by atoms with Gasteiger partial charge >= 0.3 is 6.09 Å².